The second-order valence-electron chi connectivity index (χ2n) is 5.35. The summed E-state index contributed by atoms with van der Waals surface area (Å²) in [6.07, 6.45) is 1.25. The standard InChI is InChI=1S/C13H23N5O2/c1-6-10-15-11(17-16-10)12(19)14-9(7-8(2)3)13(20)18(4)5/h8-9H,6-7H2,1-5H3,(H,14,19)(H,15,16,17). The zero-order chi connectivity index (χ0) is 15.3. The molecule has 0 fully saturated rings. The number of rotatable bonds is 6. The molecule has 1 rings (SSSR count). The Hall–Kier alpha value is -1.92. The van der Waals surface area contributed by atoms with Crippen molar-refractivity contribution in [2.75, 3.05) is 14.1 Å². The van der Waals surface area contributed by atoms with Crippen LogP contribution < -0.4 is 5.32 Å². The molecule has 0 aliphatic rings. The summed E-state index contributed by atoms with van der Waals surface area (Å²) < 4.78 is 0. The van der Waals surface area contributed by atoms with Gasteiger partial charge in [0.15, 0.2) is 0 Å². The van der Waals surface area contributed by atoms with Crippen molar-refractivity contribution in [3.8, 4) is 0 Å². The van der Waals surface area contributed by atoms with Crippen LogP contribution in [-0.4, -0.2) is 52.0 Å². The van der Waals surface area contributed by atoms with E-state index in [1.165, 1.54) is 4.90 Å². The topological polar surface area (TPSA) is 91.0 Å². The predicted molar refractivity (Wildman–Crippen MR) is 75.2 cm³/mol. The lowest BCUT2D eigenvalue weighted by atomic mass is 10.0. The largest absolute Gasteiger partial charge is 0.347 e. The molecule has 1 unspecified atom stereocenters. The van der Waals surface area contributed by atoms with Crippen LogP contribution in [0, 0.1) is 5.92 Å². The van der Waals surface area contributed by atoms with Gasteiger partial charge < -0.3 is 10.2 Å². The second-order valence-corrected chi connectivity index (χ2v) is 5.35. The van der Waals surface area contributed by atoms with Crippen molar-refractivity contribution < 1.29 is 9.59 Å². The fraction of sp³-hybridized carbons (Fsp3) is 0.692. The Balaban J connectivity index is 2.78. The maximum atomic E-state index is 12.1. The number of amides is 2. The fourth-order valence-corrected chi connectivity index (χ4v) is 1.78. The first-order valence-corrected chi connectivity index (χ1v) is 6.78. The molecular formula is C13H23N5O2. The van der Waals surface area contributed by atoms with Gasteiger partial charge in [0, 0.05) is 20.5 Å². The number of aromatic nitrogens is 3. The Labute approximate surface area is 119 Å². The first-order chi connectivity index (χ1) is 9.35. The van der Waals surface area contributed by atoms with Crippen LogP contribution in [-0.2, 0) is 11.2 Å². The number of aryl methyl sites for hydroxylation is 1. The summed E-state index contributed by atoms with van der Waals surface area (Å²) in [7, 11) is 3.34. The summed E-state index contributed by atoms with van der Waals surface area (Å²) in [5.41, 5.74) is 0. The number of carbonyl (C=O) groups excluding carboxylic acids is 2. The number of nitrogens with zero attached hydrogens (tertiary/aromatic N) is 3. The van der Waals surface area contributed by atoms with E-state index in [0.29, 0.717) is 24.6 Å². The molecule has 0 aliphatic carbocycles. The summed E-state index contributed by atoms with van der Waals surface area (Å²) in [5.74, 6) is 0.458. The lowest BCUT2D eigenvalue weighted by Crippen LogP contribution is -2.47. The molecule has 0 saturated carbocycles. The lowest BCUT2D eigenvalue weighted by Gasteiger charge is -2.22. The van der Waals surface area contributed by atoms with Crippen LogP contribution in [0.4, 0.5) is 0 Å². The summed E-state index contributed by atoms with van der Waals surface area (Å²) in [6.45, 7) is 5.92. The third-order valence-corrected chi connectivity index (χ3v) is 2.82. The summed E-state index contributed by atoms with van der Waals surface area (Å²) in [6, 6.07) is -0.555. The average molecular weight is 281 g/mol. The van der Waals surface area contributed by atoms with E-state index in [2.05, 4.69) is 20.5 Å². The van der Waals surface area contributed by atoms with E-state index in [1.54, 1.807) is 14.1 Å². The highest BCUT2D eigenvalue weighted by atomic mass is 16.2. The molecule has 2 amide bonds. The molecule has 0 spiro atoms. The Morgan fingerprint density at radius 3 is 2.45 bits per heavy atom. The number of nitrogens with one attached hydrogen (secondary N) is 2. The van der Waals surface area contributed by atoms with Crippen molar-refractivity contribution in [3.05, 3.63) is 11.6 Å². The molecule has 0 aromatic carbocycles. The molecule has 1 aromatic heterocycles. The van der Waals surface area contributed by atoms with Gasteiger partial charge in [-0.3, -0.25) is 14.7 Å². The first kappa shape index (κ1) is 16.1. The number of carbonyl (C=O) groups is 2. The van der Waals surface area contributed by atoms with Crippen molar-refractivity contribution in [1.82, 2.24) is 25.4 Å². The van der Waals surface area contributed by atoms with Crippen molar-refractivity contribution >= 4 is 11.8 Å². The molecule has 2 N–H and O–H groups in total. The van der Waals surface area contributed by atoms with Crippen molar-refractivity contribution in [2.24, 2.45) is 5.92 Å². The van der Waals surface area contributed by atoms with Gasteiger partial charge in [0.05, 0.1) is 0 Å². The molecule has 1 heterocycles. The third kappa shape index (κ3) is 4.32. The summed E-state index contributed by atoms with van der Waals surface area (Å²) in [4.78, 5) is 29.7. The van der Waals surface area contributed by atoms with Crippen LogP contribution in [0.3, 0.4) is 0 Å². The molecule has 0 saturated heterocycles. The maximum absolute atomic E-state index is 12.1. The lowest BCUT2D eigenvalue weighted by molar-refractivity contribution is -0.131. The number of hydrogen-bond acceptors (Lipinski definition) is 4. The SMILES string of the molecule is CCc1nc(C(=O)NC(CC(C)C)C(=O)N(C)C)n[nH]1. The molecule has 0 radical (unpaired) electrons. The molecular weight excluding hydrogens is 258 g/mol. The van der Waals surface area contributed by atoms with Crippen LogP contribution in [0.1, 0.15) is 43.6 Å². The third-order valence-electron chi connectivity index (χ3n) is 2.82. The zero-order valence-corrected chi connectivity index (χ0v) is 12.7. The molecule has 1 atom stereocenters. The van der Waals surface area contributed by atoms with Crippen LogP contribution in [0.2, 0.25) is 0 Å². The Morgan fingerprint density at radius 1 is 1.35 bits per heavy atom. The van der Waals surface area contributed by atoms with Crippen LogP contribution in [0.5, 0.6) is 0 Å². The smallest absolute Gasteiger partial charge is 0.291 e. The van der Waals surface area contributed by atoms with Gasteiger partial charge in [0.2, 0.25) is 11.7 Å². The van der Waals surface area contributed by atoms with Gasteiger partial charge in [-0.1, -0.05) is 20.8 Å². The zero-order valence-electron chi connectivity index (χ0n) is 12.7. The van der Waals surface area contributed by atoms with Gasteiger partial charge in [-0.05, 0) is 12.3 Å². The Morgan fingerprint density at radius 2 is 2.00 bits per heavy atom. The molecule has 20 heavy (non-hydrogen) atoms. The van der Waals surface area contributed by atoms with E-state index in [4.69, 9.17) is 0 Å². The van der Waals surface area contributed by atoms with Crippen molar-refractivity contribution in [3.63, 3.8) is 0 Å². The van der Waals surface area contributed by atoms with E-state index in [9.17, 15) is 9.59 Å². The van der Waals surface area contributed by atoms with Crippen LogP contribution in [0.15, 0.2) is 0 Å². The van der Waals surface area contributed by atoms with Gasteiger partial charge >= 0.3 is 0 Å². The van der Waals surface area contributed by atoms with Crippen LogP contribution >= 0.6 is 0 Å². The normalized spacial score (nSPS) is 12.3. The van der Waals surface area contributed by atoms with E-state index in [0.717, 1.165) is 0 Å². The van der Waals surface area contributed by atoms with Crippen molar-refractivity contribution in [2.45, 2.75) is 39.7 Å². The predicted octanol–water partition coefficient (Wildman–Crippen LogP) is 0.600. The number of hydrogen-bond donors (Lipinski definition) is 2. The van der Waals surface area contributed by atoms with Gasteiger partial charge in [0.1, 0.15) is 11.9 Å². The number of aromatic amines is 1. The molecule has 112 valence electrons. The monoisotopic (exact) mass is 281 g/mol. The van der Waals surface area contributed by atoms with Gasteiger partial charge in [-0.15, -0.1) is 5.10 Å². The highest BCUT2D eigenvalue weighted by Gasteiger charge is 2.25. The second kappa shape index (κ2) is 7.02. The van der Waals surface area contributed by atoms with E-state index in [-0.39, 0.29) is 11.7 Å². The Bertz CT molecular complexity index is 467. The molecule has 1 aromatic rings. The number of likely N-dealkylation sites (N-methyl/N-ethyl adjacent to an activating group) is 1. The highest BCUT2D eigenvalue weighted by molar-refractivity contribution is 5.94. The van der Waals surface area contributed by atoms with E-state index < -0.39 is 11.9 Å². The Kier molecular flexibility index (Phi) is 5.66. The molecule has 0 bridgehead atoms. The van der Waals surface area contributed by atoms with Gasteiger partial charge in [0.25, 0.3) is 5.91 Å². The fourth-order valence-electron chi connectivity index (χ4n) is 1.78. The van der Waals surface area contributed by atoms with Gasteiger partial charge in [-0.25, -0.2) is 4.98 Å². The van der Waals surface area contributed by atoms with E-state index >= 15 is 0 Å². The minimum atomic E-state index is -0.555. The van der Waals surface area contributed by atoms with E-state index in [1.807, 2.05) is 20.8 Å². The van der Waals surface area contributed by atoms with Crippen LogP contribution in [0.25, 0.3) is 0 Å². The summed E-state index contributed by atoms with van der Waals surface area (Å²) >= 11 is 0. The number of H-pyrrole nitrogens is 1. The maximum Gasteiger partial charge on any atom is 0.291 e. The average Bonchev–Trinajstić information content (AvgIpc) is 2.85. The molecule has 7 nitrogen and oxygen atoms in total. The highest BCUT2D eigenvalue weighted by Crippen LogP contribution is 2.07. The minimum absolute atomic E-state index is 0.0714. The molecule has 0 aliphatic heterocycles. The quantitative estimate of drug-likeness (QED) is 0.799. The van der Waals surface area contributed by atoms with Crippen molar-refractivity contribution in [1.29, 1.82) is 0 Å². The van der Waals surface area contributed by atoms with Gasteiger partial charge in [-0.2, -0.15) is 0 Å². The summed E-state index contributed by atoms with van der Waals surface area (Å²) in [5, 5.41) is 9.24. The minimum Gasteiger partial charge on any atom is -0.347 e. The first-order valence-electron chi connectivity index (χ1n) is 6.78. The molecule has 7 heteroatoms.